The van der Waals surface area contributed by atoms with Crippen LogP contribution >= 0.6 is 0 Å². The predicted molar refractivity (Wildman–Crippen MR) is 92.0 cm³/mol. The maximum absolute atomic E-state index is 12.0. The molecular formula is C18H19N5O. The van der Waals surface area contributed by atoms with Gasteiger partial charge in [0.1, 0.15) is 5.82 Å². The minimum atomic E-state index is -0.0511. The van der Waals surface area contributed by atoms with Gasteiger partial charge >= 0.3 is 0 Å². The maximum atomic E-state index is 12.0. The summed E-state index contributed by atoms with van der Waals surface area (Å²) < 4.78 is 2.02. The third kappa shape index (κ3) is 3.65. The molecule has 24 heavy (non-hydrogen) atoms. The zero-order chi connectivity index (χ0) is 16.9. The van der Waals surface area contributed by atoms with E-state index in [1.165, 1.54) is 0 Å². The summed E-state index contributed by atoms with van der Waals surface area (Å²) in [6, 6.07) is 9.46. The highest BCUT2D eigenvalue weighted by molar-refractivity contribution is 5.90. The minimum absolute atomic E-state index is 0.0511. The zero-order valence-corrected chi connectivity index (χ0v) is 13.7. The van der Waals surface area contributed by atoms with Gasteiger partial charge in [0, 0.05) is 42.3 Å². The molecule has 0 aliphatic heterocycles. The van der Waals surface area contributed by atoms with E-state index in [0.717, 1.165) is 22.8 Å². The van der Waals surface area contributed by atoms with Crippen LogP contribution in [0.1, 0.15) is 23.6 Å². The van der Waals surface area contributed by atoms with Gasteiger partial charge in [0.2, 0.25) is 5.91 Å². The van der Waals surface area contributed by atoms with Crippen molar-refractivity contribution < 1.29 is 4.79 Å². The van der Waals surface area contributed by atoms with E-state index < -0.39 is 0 Å². The summed E-state index contributed by atoms with van der Waals surface area (Å²) in [5, 5.41) is 2.89. The molecule has 1 amide bonds. The first-order chi connectivity index (χ1) is 11.6. The summed E-state index contributed by atoms with van der Waals surface area (Å²) in [6.45, 7) is 4.01. The van der Waals surface area contributed by atoms with Gasteiger partial charge in [0.05, 0.1) is 12.0 Å². The number of aromatic nitrogens is 4. The topological polar surface area (TPSA) is 72.7 Å². The Morgan fingerprint density at radius 2 is 1.79 bits per heavy atom. The number of imidazole rings is 1. The second kappa shape index (κ2) is 7.04. The van der Waals surface area contributed by atoms with Crippen molar-refractivity contribution in [1.29, 1.82) is 0 Å². The van der Waals surface area contributed by atoms with Gasteiger partial charge in [-0.05, 0) is 44.2 Å². The highest BCUT2D eigenvalue weighted by Gasteiger charge is 2.07. The first kappa shape index (κ1) is 15.9. The van der Waals surface area contributed by atoms with Gasteiger partial charge in [-0.25, -0.2) is 15.0 Å². The van der Waals surface area contributed by atoms with E-state index in [-0.39, 0.29) is 5.91 Å². The summed E-state index contributed by atoms with van der Waals surface area (Å²) in [6.07, 6.45) is 6.04. The molecule has 6 nitrogen and oxygen atoms in total. The van der Waals surface area contributed by atoms with Crippen molar-refractivity contribution in [2.75, 3.05) is 5.32 Å². The molecule has 2 heterocycles. The molecule has 1 aromatic carbocycles. The van der Waals surface area contributed by atoms with E-state index in [1.807, 2.05) is 42.7 Å². The fourth-order valence-electron chi connectivity index (χ4n) is 2.37. The van der Waals surface area contributed by atoms with Crippen LogP contribution in [0.15, 0.2) is 49.1 Å². The molecule has 3 aromatic rings. The summed E-state index contributed by atoms with van der Waals surface area (Å²) in [4.78, 5) is 24.5. The zero-order valence-electron chi connectivity index (χ0n) is 13.7. The number of aryl methyl sites for hydroxylation is 2. The third-order valence-electron chi connectivity index (χ3n) is 3.88. The van der Waals surface area contributed by atoms with E-state index in [2.05, 4.69) is 20.3 Å². The van der Waals surface area contributed by atoms with Crippen LogP contribution in [0.4, 0.5) is 5.69 Å². The lowest BCUT2D eigenvalue weighted by Crippen LogP contribution is -2.13. The monoisotopic (exact) mass is 321 g/mol. The largest absolute Gasteiger partial charge is 0.326 e. The molecular weight excluding hydrogens is 302 g/mol. The van der Waals surface area contributed by atoms with Crippen LogP contribution < -0.4 is 5.32 Å². The Bertz CT molecular complexity index is 824. The smallest absolute Gasteiger partial charge is 0.224 e. The van der Waals surface area contributed by atoms with Crippen molar-refractivity contribution in [2.24, 2.45) is 0 Å². The van der Waals surface area contributed by atoms with Crippen molar-refractivity contribution in [3.05, 3.63) is 66.3 Å². The van der Waals surface area contributed by atoms with E-state index >= 15 is 0 Å². The SMILES string of the molecule is Cc1ncn(-c2ccc(NC(=O)CCc3ncccn3)cc2)c1C. The number of benzene rings is 1. The van der Waals surface area contributed by atoms with Crippen LogP contribution in [-0.2, 0) is 11.2 Å². The quantitative estimate of drug-likeness (QED) is 0.784. The van der Waals surface area contributed by atoms with Crippen LogP contribution in [0, 0.1) is 13.8 Å². The molecule has 2 aromatic heterocycles. The summed E-state index contributed by atoms with van der Waals surface area (Å²) in [5.74, 6) is 0.624. The highest BCUT2D eigenvalue weighted by Crippen LogP contribution is 2.17. The Morgan fingerprint density at radius 3 is 2.42 bits per heavy atom. The molecule has 0 atom stereocenters. The van der Waals surface area contributed by atoms with Crippen molar-refractivity contribution in [3.63, 3.8) is 0 Å². The number of hydrogen-bond donors (Lipinski definition) is 1. The standard InChI is InChI=1S/C18H19N5O/c1-13-14(2)23(12-21-13)16-6-4-15(5-7-16)22-18(24)9-8-17-19-10-3-11-20-17/h3-7,10-12H,8-9H2,1-2H3,(H,22,24). The Kier molecular flexibility index (Phi) is 4.65. The highest BCUT2D eigenvalue weighted by atomic mass is 16.1. The summed E-state index contributed by atoms with van der Waals surface area (Å²) in [5.41, 5.74) is 3.90. The fourth-order valence-corrected chi connectivity index (χ4v) is 2.37. The van der Waals surface area contributed by atoms with Gasteiger partial charge in [-0.3, -0.25) is 4.79 Å². The number of nitrogens with zero attached hydrogens (tertiary/aromatic N) is 4. The normalized spacial score (nSPS) is 10.6. The lowest BCUT2D eigenvalue weighted by molar-refractivity contribution is -0.116. The van der Waals surface area contributed by atoms with Crippen LogP contribution in [0.5, 0.6) is 0 Å². The molecule has 0 bridgehead atoms. The molecule has 0 aliphatic carbocycles. The number of nitrogens with one attached hydrogen (secondary N) is 1. The van der Waals surface area contributed by atoms with Gasteiger partial charge in [0.15, 0.2) is 0 Å². The maximum Gasteiger partial charge on any atom is 0.224 e. The van der Waals surface area contributed by atoms with Crippen LogP contribution in [0.2, 0.25) is 0 Å². The van der Waals surface area contributed by atoms with Gasteiger partial charge in [-0.1, -0.05) is 0 Å². The molecule has 0 radical (unpaired) electrons. The molecule has 0 fully saturated rings. The Labute approximate surface area is 140 Å². The molecule has 0 spiro atoms. The minimum Gasteiger partial charge on any atom is -0.326 e. The van der Waals surface area contributed by atoms with Crippen LogP contribution in [-0.4, -0.2) is 25.4 Å². The lowest BCUT2D eigenvalue weighted by atomic mass is 10.2. The van der Waals surface area contributed by atoms with Gasteiger partial charge in [-0.15, -0.1) is 0 Å². The van der Waals surface area contributed by atoms with Gasteiger partial charge < -0.3 is 9.88 Å². The van der Waals surface area contributed by atoms with Crippen molar-refractivity contribution in [1.82, 2.24) is 19.5 Å². The number of rotatable bonds is 5. The lowest BCUT2D eigenvalue weighted by Gasteiger charge is -2.08. The van der Waals surface area contributed by atoms with Gasteiger partial charge in [-0.2, -0.15) is 0 Å². The number of carbonyl (C=O) groups is 1. The predicted octanol–water partition coefficient (Wildman–Crippen LogP) is 2.85. The molecule has 0 unspecified atom stereocenters. The van der Waals surface area contributed by atoms with Gasteiger partial charge in [0.25, 0.3) is 0 Å². The fraction of sp³-hybridized carbons (Fsp3) is 0.222. The average Bonchev–Trinajstić information content (AvgIpc) is 2.94. The molecule has 6 heteroatoms. The molecule has 3 rings (SSSR count). The average molecular weight is 321 g/mol. The van der Waals surface area contributed by atoms with E-state index in [9.17, 15) is 4.79 Å². The second-order valence-corrected chi connectivity index (χ2v) is 5.55. The van der Waals surface area contributed by atoms with Crippen LogP contribution in [0.3, 0.4) is 0 Å². The molecule has 0 saturated carbocycles. The van der Waals surface area contributed by atoms with Crippen LogP contribution in [0.25, 0.3) is 5.69 Å². The van der Waals surface area contributed by atoms with E-state index in [4.69, 9.17) is 0 Å². The summed E-state index contributed by atoms with van der Waals surface area (Å²) in [7, 11) is 0. The van der Waals surface area contributed by atoms with Crippen molar-refractivity contribution in [3.8, 4) is 5.69 Å². The van der Waals surface area contributed by atoms with E-state index in [1.54, 1.807) is 24.8 Å². The Balaban J connectivity index is 1.60. The number of carbonyl (C=O) groups excluding carboxylic acids is 1. The number of hydrogen-bond acceptors (Lipinski definition) is 4. The van der Waals surface area contributed by atoms with Crippen molar-refractivity contribution in [2.45, 2.75) is 26.7 Å². The Hall–Kier alpha value is -3.02. The van der Waals surface area contributed by atoms with E-state index in [0.29, 0.717) is 18.7 Å². The Morgan fingerprint density at radius 1 is 1.08 bits per heavy atom. The number of amides is 1. The molecule has 0 aliphatic rings. The first-order valence-electron chi connectivity index (χ1n) is 7.80. The molecule has 0 saturated heterocycles. The molecule has 1 N–H and O–H groups in total. The van der Waals surface area contributed by atoms with Crippen molar-refractivity contribution >= 4 is 11.6 Å². The molecule has 122 valence electrons. The summed E-state index contributed by atoms with van der Waals surface area (Å²) >= 11 is 0. The second-order valence-electron chi connectivity index (χ2n) is 5.55. The number of anilines is 1. The third-order valence-corrected chi connectivity index (χ3v) is 3.88. The first-order valence-corrected chi connectivity index (χ1v) is 7.80.